The Hall–Kier alpha value is -1.69. The van der Waals surface area contributed by atoms with Crippen LogP contribution in [0.4, 0.5) is 8.78 Å². The molecule has 0 unspecified atom stereocenters. The minimum atomic E-state index is -2.88. The number of carbonyl (C=O) groups is 1. The third kappa shape index (κ3) is 3.66. The van der Waals surface area contributed by atoms with E-state index >= 15 is 0 Å². The molecule has 0 N–H and O–H groups in total. The van der Waals surface area contributed by atoms with E-state index in [1.54, 1.807) is 17.0 Å². The lowest BCUT2D eigenvalue weighted by molar-refractivity contribution is -0.0499. The van der Waals surface area contributed by atoms with Gasteiger partial charge in [0.15, 0.2) is 0 Å². The van der Waals surface area contributed by atoms with Gasteiger partial charge in [-0.3, -0.25) is 4.79 Å². The Morgan fingerprint density at radius 2 is 2.00 bits per heavy atom. The Morgan fingerprint density at radius 1 is 1.30 bits per heavy atom. The highest BCUT2D eigenvalue weighted by molar-refractivity contribution is 5.94. The van der Waals surface area contributed by atoms with Crippen molar-refractivity contribution in [1.29, 1.82) is 0 Å². The maximum absolute atomic E-state index is 12.3. The van der Waals surface area contributed by atoms with Crippen molar-refractivity contribution >= 4 is 5.91 Å². The van der Waals surface area contributed by atoms with E-state index in [4.69, 9.17) is 0 Å². The summed E-state index contributed by atoms with van der Waals surface area (Å²) < 4.78 is 28.6. The molecule has 6 heteroatoms. The first-order chi connectivity index (χ1) is 9.60. The quantitative estimate of drug-likeness (QED) is 0.848. The third-order valence-electron chi connectivity index (χ3n) is 3.41. The number of carbonyl (C=O) groups excluding carboxylic acids is 1. The number of rotatable bonds is 4. The molecular weight excluding hydrogens is 266 g/mol. The van der Waals surface area contributed by atoms with Crippen molar-refractivity contribution in [1.82, 2.24) is 9.80 Å². The fourth-order valence-corrected chi connectivity index (χ4v) is 2.26. The van der Waals surface area contributed by atoms with E-state index < -0.39 is 6.61 Å². The zero-order valence-electron chi connectivity index (χ0n) is 11.4. The molecule has 0 saturated carbocycles. The molecule has 2 rings (SSSR count). The number of hydrogen-bond donors (Lipinski definition) is 0. The molecule has 4 nitrogen and oxygen atoms in total. The molecule has 1 heterocycles. The number of nitrogens with zero attached hydrogens (tertiary/aromatic N) is 2. The van der Waals surface area contributed by atoms with Gasteiger partial charge in [0, 0.05) is 31.7 Å². The van der Waals surface area contributed by atoms with E-state index in [1.165, 1.54) is 12.1 Å². The van der Waals surface area contributed by atoms with E-state index in [0.29, 0.717) is 18.7 Å². The van der Waals surface area contributed by atoms with Crippen LogP contribution < -0.4 is 4.74 Å². The van der Waals surface area contributed by atoms with Crippen molar-refractivity contribution in [3.8, 4) is 5.75 Å². The van der Waals surface area contributed by atoms with Gasteiger partial charge in [-0.25, -0.2) is 0 Å². The summed E-state index contributed by atoms with van der Waals surface area (Å²) >= 11 is 0. The van der Waals surface area contributed by atoms with Gasteiger partial charge in [-0.15, -0.1) is 0 Å². The molecule has 1 aliphatic heterocycles. The van der Waals surface area contributed by atoms with Crippen LogP contribution in [0.15, 0.2) is 24.3 Å². The van der Waals surface area contributed by atoms with Crippen LogP contribution in [0.2, 0.25) is 0 Å². The number of piperazine rings is 1. The molecule has 1 fully saturated rings. The zero-order chi connectivity index (χ0) is 14.5. The summed E-state index contributed by atoms with van der Waals surface area (Å²) in [5, 5.41) is 0. The molecule has 110 valence electrons. The maximum atomic E-state index is 12.3. The van der Waals surface area contributed by atoms with E-state index in [9.17, 15) is 13.6 Å². The van der Waals surface area contributed by atoms with Crippen molar-refractivity contribution in [2.45, 2.75) is 13.5 Å². The lowest BCUT2D eigenvalue weighted by atomic mass is 10.1. The second-order valence-corrected chi connectivity index (χ2v) is 4.63. The maximum Gasteiger partial charge on any atom is 0.387 e. The Labute approximate surface area is 116 Å². The van der Waals surface area contributed by atoms with E-state index in [2.05, 4.69) is 16.6 Å². The highest BCUT2D eigenvalue weighted by Crippen LogP contribution is 2.18. The van der Waals surface area contributed by atoms with Crippen molar-refractivity contribution in [2.24, 2.45) is 0 Å². The van der Waals surface area contributed by atoms with Gasteiger partial charge in [-0.1, -0.05) is 13.0 Å². The molecule has 0 atom stereocenters. The Balaban J connectivity index is 2.02. The topological polar surface area (TPSA) is 32.8 Å². The standard InChI is InChI=1S/C14H18F2N2O2/c1-2-17-6-8-18(9-7-17)13(19)11-4-3-5-12(10-11)20-14(15)16/h3-5,10,14H,2,6-9H2,1H3. The van der Waals surface area contributed by atoms with Crippen LogP contribution in [0.5, 0.6) is 5.75 Å². The second-order valence-electron chi connectivity index (χ2n) is 4.63. The molecule has 0 spiro atoms. The van der Waals surface area contributed by atoms with Gasteiger partial charge >= 0.3 is 6.61 Å². The summed E-state index contributed by atoms with van der Waals surface area (Å²) in [5.74, 6) is -0.126. The van der Waals surface area contributed by atoms with Gasteiger partial charge in [0.05, 0.1) is 0 Å². The second kappa shape index (κ2) is 6.65. The molecule has 1 aromatic rings. The Morgan fingerprint density at radius 3 is 2.60 bits per heavy atom. The first-order valence-electron chi connectivity index (χ1n) is 6.66. The van der Waals surface area contributed by atoms with Gasteiger partial charge in [0.25, 0.3) is 5.91 Å². The van der Waals surface area contributed by atoms with Crippen LogP contribution >= 0.6 is 0 Å². The lowest BCUT2D eigenvalue weighted by Gasteiger charge is -2.34. The number of hydrogen-bond acceptors (Lipinski definition) is 3. The molecular formula is C14H18F2N2O2. The molecule has 20 heavy (non-hydrogen) atoms. The van der Waals surface area contributed by atoms with Crippen LogP contribution in [0, 0.1) is 0 Å². The molecule has 0 bridgehead atoms. The van der Waals surface area contributed by atoms with Crippen molar-refractivity contribution < 1.29 is 18.3 Å². The van der Waals surface area contributed by atoms with Crippen molar-refractivity contribution in [2.75, 3.05) is 32.7 Å². The summed E-state index contributed by atoms with van der Waals surface area (Å²) in [4.78, 5) is 16.3. The fraction of sp³-hybridized carbons (Fsp3) is 0.500. The average molecular weight is 284 g/mol. The Bertz CT molecular complexity index is 460. The normalized spacial score (nSPS) is 16.5. The minimum absolute atomic E-state index is 0.0121. The molecule has 0 radical (unpaired) electrons. The molecule has 1 aliphatic rings. The smallest absolute Gasteiger partial charge is 0.387 e. The number of alkyl halides is 2. The first-order valence-corrected chi connectivity index (χ1v) is 6.66. The average Bonchev–Trinajstić information content (AvgIpc) is 2.46. The number of ether oxygens (including phenoxy) is 1. The Kier molecular flexibility index (Phi) is 4.89. The number of likely N-dealkylation sites (N-methyl/N-ethyl adjacent to an activating group) is 1. The van der Waals surface area contributed by atoms with Crippen LogP contribution in [0.1, 0.15) is 17.3 Å². The number of amides is 1. The predicted molar refractivity (Wildman–Crippen MR) is 71.1 cm³/mol. The van der Waals surface area contributed by atoms with E-state index in [0.717, 1.165) is 19.6 Å². The van der Waals surface area contributed by atoms with Crippen LogP contribution in [-0.4, -0.2) is 55.0 Å². The number of benzene rings is 1. The highest BCUT2D eigenvalue weighted by Gasteiger charge is 2.21. The molecule has 1 amide bonds. The van der Waals surface area contributed by atoms with Gasteiger partial charge in [0.2, 0.25) is 0 Å². The van der Waals surface area contributed by atoms with E-state index in [-0.39, 0.29) is 11.7 Å². The zero-order valence-corrected chi connectivity index (χ0v) is 11.4. The first kappa shape index (κ1) is 14.7. The SMILES string of the molecule is CCN1CCN(C(=O)c2cccc(OC(F)F)c2)CC1. The molecule has 1 saturated heterocycles. The lowest BCUT2D eigenvalue weighted by Crippen LogP contribution is -2.48. The minimum Gasteiger partial charge on any atom is -0.435 e. The monoisotopic (exact) mass is 284 g/mol. The molecule has 0 aromatic heterocycles. The van der Waals surface area contributed by atoms with Crippen LogP contribution in [-0.2, 0) is 0 Å². The summed E-state index contributed by atoms with van der Waals surface area (Å²) in [7, 11) is 0. The predicted octanol–water partition coefficient (Wildman–Crippen LogP) is 2.07. The summed E-state index contributed by atoms with van der Waals surface area (Å²) in [5.41, 5.74) is 0.382. The van der Waals surface area contributed by atoms with Gasteiger partial charge in [-0.2, -0.15) is 8.78 Å². The van der Waals surface area contributed by atoms with Gasteiger partial charge in [0.1, 0.15) is 5.75 Å². The molecule has 1 aromatic carbocycles. The van der Waals surface area contributed by atoms with Crippen LogP contribution in [0.25, 0.3) is 0 Å². The molecule has 0 aliphatic carbocycles. The van der Waals surface area contributed by atoms with Crippen LogP contribution in [0.3, 0.4) is 0 Å². The van der Waals surface area contributed by atoms with Crippen molar-refractivity contribution in [3.05, 3.63) is 29.8 Å². The summed E-state index contributed by atoms with van der Waals surface area (Å²) in [6, 6.07) is 5.94. The van der Waals surface area contributed by atoms with Gasteiger partial charge < -0.3 is 14.5 Å². The summed E-state index contributed by atoms with van der Waals surface area (Å²) in [6.45, 7) is 3.18. The van der Waals surface area contributed by atoms with E-state index in [1.807, 2.05) is 0 Å². The highest BCUT2D eigenvalue weighted by atomic mass is 19.3. The fourth-order valence-electron chi connectivity index (χ4n) is 2.26. The van der Waals surface area contributed by atoms with Gasteiger partial charge in [-0.05, 0) is 24.7 Å². The third-order valence-corrected chi connectivity index (χ3v) is 3.41. The largest absolute Gasteiger partial charge is 0.435 e. The summed E-state index contributed by atoms with van der Waals surface area (Å²) in [6.07, 6.45) is 0. The van der Waals surface area contributed by atoms with Crippen molar-refractivity contribution in [3.63, 3.8) is 0 Å². The number of halogens is 2.